The van der Waals surface area contributed by atoms with Crippen molar-refractivity contribution in [2.24, 2.45) is 0 Å². The lowest BCUT2D eigenvalue weighted by Gasteiger charge is -2.28. The van der Waals surface area contributed by atoms with Crippen molar-refractivity contribution in [1.82, 2.24) is 4.90 Å². The first kappa shape index (κ1) is 17.5. The highest BCUT2D eigenvalue weighted by Crippen LogP contribution is 2.29. The summed E-state index contributed by atoms with van der Waals surface area (Å²) in [5.74, 6) is 0.801. The number of aryl methyl sites for hydroxylation is 1. The van der Waals surface area contributed by atoms with E-state index in [0.717, 1.165) is 42.9 Å². The lowest BCUT2D eigenvalue weighted by atomic mass is 10.1. The van der Waals surface area contributed by atoms with Crippen molar-refractivity contribution < 1.29 is 9.53 Å². The predicted octanol–water partition coefficient (Wildman–Crippen LogP) is 3.32. The second-order valence-electron chi connectivity index (χ2n) is 4.99. The maximum Gasteiger partial charge on any atom is 0.241 e. The molecular weight excluding hydrogens is 264 g/mol. The summed E-state index contributed by atoms with van der Waals surface area (Å²) < 4.78 is 5.47. The molecule has 1 aromatic carbocycles. The second-order valence-corrected chi connectivity index (χ2v) is 4.99. The highest BCUT2D eigenvalue weighted by molar-refractivity contribution is 5.96. The zero-order valence-corrected chi connectivity index (χ0v) is 13.9. The lowest BCUT2D eigenvalue weighted by Crippen LogP contribution is -2.43. The summed E-state index contributed by atoms with van der Waals surface area (Å²) in [6.07, 6.45) is 1.67. The molecule has 0 heterocycles. The van der Waals surface area contributed by atoms with E-state index in [4.69, 9.17) is 4.74 Å². The third-order valence-corrected chi connectivity index (χ3v) is 3.88. The molecule has 0 bridgehead atoms. The molecule has 0 aromatic heterocycles. The maximum atomic E-state index is 12.6. The minimum absolute atomic E-state index is 0.0350. The fourth-order valence-electron chi connectivity index (χ4n) is 2.69. The third-order valence-electron chi connectivity index (χ3n) is 3.88. The molecule has 118 valence electrons. The number of carbonyl (C=O) groups is 1. The zero-order chi connectivity index (χ0) is 15.8. The fourth-order valence-corrected chi connectivity index (χ4v) is 2.69. The van der Waals surface area contributed by atoms with Gasteiger partial charge in [-0.2, -0.15) is 0 Å². The van der Waals surface area contributed by atoms with Gasteiger partial charge in [-0.05, 0) is 37.6 Å². The van der Waals surface area contributed by atoms with E-state index in [1.807, 2.05) is 25.1 Å². The van der Waals surface area contributed by atoms with E-state index in [2.05, 4.69) is 31.0 Å². The second kappa shape index (κ2) is 8.67. The van der Waals surface area contributed by atoms with Gasteiger partial charge in [0.05, 0.1) is 18.8 Å². The lowest BCUT2D eigenvalue weighted by molar-refractivity contribution is -0.121. The molecule has 0 aliphatic carbocycles. The molecule has 21 heavy (non-hydrogen) atoms. The SMILES string of the molecule is CCc1cccc(NC(=O)C(CC)N(CC)CC)c1OC. The molecule has 0 aliphatic rings. The van der Waals surface area contributed by atoms with Crippen LogP contribution in [-0.4, -0.2) is 37.0 Å². The Morgan fingerprint density at radius 3 is 2.38 bits per heavy atom. The molecule has 1 amide bonds. The number of anilines is 1. The molecule has 4 heteroatoms. The van der Waals surface area contributed by atoms with Gasteiger partial charge in [-0.25, -0.2) is 0 Å². The first-order chi connectivity index (χ1) is 10.1. The largest absolute Gasteiger partial charge is 0.494 e. The summed E-state index contributed by atoms with van der Waals surface area (Å²) in [6, 6.07) is 5.77. The number of amides is 1. The van der Waals surface area contributed by atoms with E-state index >= 15 is 0 Å². The Balaban J connectivity index is 2.96. The molecule has 1 N–H and O–H groups in total. The molecule has 1 rings (SSSR count). The van der Waals surface area contributed by atoms with Crippen molar-refractivity contribution in [1.29, 1.82) is 0 Å². The smallest absolute Gasteiger partial charge is 0.241 e. The monoisotopic (exact) mass is 292 g/mol. The number of hydrogen-bond acceptors (Lipinski definition) is 3. The Kier molecular flexibility index (Phi) is 7.23. The van der Waals surface area contributed by atoms with Crippen LogP contribution < -0.4 is 10.1 Å². The van der Waals surface area contributed by atoms with Gasteiger partial charge in [0.1, 0.15) is 5.75 Å². The highest BCUT2D eigenvalue weighted by atomic mass is 16.5. The normalized spacial score (nSPS) is 12.3. The quantitative estimate of drug-likeness (QED) is 0.799. The van der Waals surface area contributed by atoms with Gasteiger partial charge in [-0.15, -0.1) is 0 Å². The van der Waals surface area contributed by atoms with Crippen LogP contribution in [0.4, 0.5) is 5.69 Å². The van der Waals surface area contributed by atoms with Crippen molar-refractivity contribution in [2.45, 2.75) is 46.6 Å². The number of benzene rings is 1. The number of para-hydroxylation sites is 1. The Morgan fingerprint density at radius 2 is 1.90 bits per heavy atom. The van der Waals surface area contributed by atoms with Gasteiger partial charge < -0.3 is 10.1 Å². The summed E-state index contributed by atoms with van der Waals surface area (Å²) in [4.78, 5) is 14.7. The van der Waals surface area contributed by atoms with Gasteiger partial charge in [-0.1, -0.05) is 39.8 Å². The van der Waals surface area contributed by atoms with Crippen molar-refractivity contribution in [3.63, 3.8) is 0 Å². The summed E-state index contributed by atoms with van der Waals surface area (Å²) in [5.41, 5.74) is 1.86. The van der Waals surface area contributed by atoms with E-state index in [1.54, 1.807) is 7.11 Å². The molecule has 0 radical (unpaired) electrons. The molecule has 4 nitrogen and oxygen atoms in total. The number of ether oxygens (including phenoxy) is 1. The maximum absolute atomic E-state index is 12.6. The van der Waals surface area contributed by atoms with Crippen molar-refractivity contribution in [3.8, 4) is 5.75 Å². The van der Waals surface area contributed by atoms with Gasteiger partial charge in [0.25, 0.3) is 0 Å². The summed E-state index contributed by atoms with van der Waals surface area (Å²) >= 11 is 0. The van der Waals surface area contributed by atoms with Crippen LogP contribution in [0.3, 0.4) is 0 Å². The van der Waals surface area contributed by atoms with Crippen molar-refractivity contribution in [3.05, 3.63) is 23.8 Å². The first-order valence-corrected chi connectivity index (χ1v) is 7.83. The fraction of sp³-hybridized carbons (Fsp3) is 0.588. The Hall–Kier alpha value is -1.55. The van der Waals surface area contributed by atoms with E-state index in [-0.39, 0.29) is 11.9 Å². The minimum Gasteiger partial charge on any atom is -0.494 e. The van der Waals surface area contributed by atoms with Crippen LogP contribution in [0.1, 0.15) is 39.7 Å². The molecule has 0 saturated heterocycles. The number of likely N-dealkylation sites (N-methyl/N-ethyl adjacent to an activating group) is 1. The summed E-state index contributed by atoms with van der Waals surface area (Å²) in [7, 11) is 1.64. The van der Waals surface area contributed by atoms with Crippen LogP contribution in [0.5, 0.6) is 5.75 Å². The first-order valence-electron chi connectivity index (χ1n) is 7.83. The van der Waals surface area contributed by atoms with Crippen LogP contribution in [0.25, 0.3) is 0 Å². The average Bonchev–Trinajstić information content (AvgIpc) is 2.51. The number of nitrogens with one attached hydrogen (secondary N) is 1. The molecule has 1 atom stereocenters. The van der Waals surface area contributed by atoms with E-state index in [1.165, 1.54) is 0 Å². The molecule has 1 unspecified atom stereocenters. The van der Waals surface area contributed by atoms with E-state index in [0.29, 0.717) is 0 Å². The molecule has 0 saturated carbocycles. The summed E-state index contributed by atoms with van der Waals surface area (Å²) in [5, 5.41) is 3.03. The molecular formula is C17H28N2O2. The van der Waals surface area contributed by atoms with Gasteiger partial charge in [0.2, 0.25) is 5.91 Å². The number of rotatable bonds is 8. The number of nitrogens with zero attached hydrogens (tertiary/aromatic N) is 1. The van der Waals surface area contributed by atoms with Crippen LogP contribution in [0.15, 0.2) is 18.2 Å². The Bertz CT molecular complexity index is 456. The van der Waals surface area contributed by atoms with E-state index < -0.39 is 0 Å². The van der Waals surface area contributed by atoms with Gasteiger partial charge >= 0.3 is 0 Å². The number of carbonyl (C=O) groups excluding carboxylic acids is 1. The Labute approximate surface area is 128 Å². The topological polar surface area (TPSA) is 41.6 Å². The molecule has 0 spiro atoms. The Morgan fingerprint density at radius 1 is 1.24 bits per heavy atom. The van der Waals surface area contributed by atoms with E-state index in [9.17, 15) is 4.79 Å². The average molecular weight is 292 g/mol. The van der Waals surface area contributed by atoms with Gasteiger partial charge in [0.15, 0.2) is 0 Å². The van der Waals surface area contributed by atoms with Crippen LogP contribution in [-0.2, 0) is 11.2 Å². The van der Waals surface area contributed by atoms with Crippen LogP contribution in [0, 0.1) is 0 Å². The predicted molar refractivity (Wildman–Crippen MR) is 88.0 cm³/mol. The molecule has 1 aromatic rings. The third kappa shape index (κ3) is 4.21. The highest BCUT2D eigenvalue weighted by Gasteiger charge is 2.23. The van der Waals surface area contributed by atoms with Crippen molar-refractivity contribution in [2.75, 3.05) is 25.5 Å². The van der Waals surface area contributed by atoms with Crippen molar-refractivity contribution >= 4 is 11.6 Å². The van der Waals surface area contributed by atoms with Crippen LogP contribution in [0.2, 0.25) is 0 Å². The number of methoxy groups -OCH3 is 1. The zero-order valence-electron chi connectivity index (χ0n) is 13.9. The molecule has 0 aliphatic heterocycles. The van der Waals surface area contributed by atoms with Gasteiger partial charge in [-0.3, -0.25) is 9.69 Å². The summed E-state index contributed by atoms with van der Waals surface area (Å²) in [6.45, 7) is 10.0. The standard InChI is InChI=1S/C17H28N2O2/c1-6-13-11-10-12-14(16(13)21-5)18-17(20)15(7-2)19(8-3)9-4/h10-12,15H,6-9H2,1-5H3,(H,18,20). The minimum atomic E-state index is -0.102. The molecule has 0 fully saturated rings. The van der Waals surface area contributed by atoms with Crippen LogP contribution >= 0.6 is 0 Å². The van der Waals surface area contributed by atoms with Gasteiger partial charge in [0, 0.05) is 0 Å². The number of hydrogen-bond donors (Lipinski definition) is 1.